The van der Waals surface area contributed by atoms with E-state index >= 15 is 0 Å². The Hall–Kier alpha value is -4.10. The lowest BCUT2D eigenvalue weighted by Gasteiger charge is -2.14. The van der Waals surface area contributed by atoms with Gasteiger partial charge in [0, 0.05) is 19.8 Å². The molecule has 4 aromatic rings. The molecule has 0 aliphatic carbocycles. The van der Waals surface area contributed by atoms with Gasteiger partial charge in [0.05, 0.1) is 0 Å². The highest BCUT2D eigenvalue weighted by Crippen LogP contribution is 2.26. The zero-order chi connectivity index (χ0) is 23.0. The van der Waals surface area contributed by atoms with Crippen LogP contribution in [0.3, 0.4) is 0 Å². The molecule has 0 fully saturated rings. The molecule has 0 aliphatic heterocycles. The van der Waals surface area contributed by atoms with Gasteiger partial charge < -0.3 is 4.90 Å². The molecule has 0 spiro atoms. The van der Waals surface area contributed by atoms with Crippen LogP contribution in [0.2, 0.25) is 0 Å². The lowest BCUT2D eigenvalue weighted by atomic mass is 9.96. The van der Waals surface area contributed by atoms with Crippen molar-refractivity contribution < 1.29 is 0 Å². The van der Waals surface area contributed by atoms with Crippen molar-refractivity contribution in [3.05, 3.63) is 155 Å². The van der Waals surface area contributed by atoms with E-state index in [0.717, 1.165) is 5.22 Å². The van der Waals surface area contributed by atoms with Gasteiger partial charge in [0.25, 0.3) is 0 Å². The van der Waals surface area contributed by atoms with Crippen molar-refractivity contribution in [2.75, 3.05) is 19.0 Å². The number of rotatable bonds is 6. The van der Waals surface area contributed by atoms with Crippen LogP contribution in [-0.2, 0) is 0 Å². The average molecular weight is 428 g/mol. The molecule has 4 aromatic carbocycles. The fourth-order valence-electron chi connectivity index (χ4n) is 3.82. The van der Waals surface area contributed by atoms with Crippen molar-refractivity contribution in [1.29, 1.82) is 0 Å². The number of nitrogens with zero attached hydrogens (tertiary/aromatic N) is 1. The molecule has 0 unspecified atom stereocenters. The first kappa shape index (κ1) is 22.1. The van der Waals surface area contributed by atoms with Crippen LogP contribution in [0.25, 0.3) is 17.7 Å². The quantitative estimate of drug-likeness (QED) is 0.339. The molecule has 0 N–H and O–H groups in total. The summed E-state index contributed by atoms with van der Waals surface area (Å²) in [6, 6.07) is 38.2. The standard InChI is InChI=1S/C32H29N/c1-25-17-19-28(20-18-25)31(26-11-6-4-7-12-26)15-10-16-32(27-13-8-5-9-14-27)29-21-23-30(24-22-29)33(2)3/h4-24H,1H2,2-3H3. The molecule has 0 heterocycles. The molecule has 4 rings (SSSR count). The van der Waals surface area contributed by atoms with E-state index in [4.69, 9.17) is 0 Å². The molecule has 1 nitrogen and oxygen atoms in total. The van der Waals surface area contributed by atoms with E-state index in [-0.39, 0.29) is 0 Å². The largest absolute Gasteiger partial charge is 0.378 e. The van der Waals surface area contributed by atoms with Gasteiger partial charge in [0.2, 0.25) is 0 Å². The summed E-state index contributed by atoms with van der Waals surface area (Å²) in [5.41, 5.74) is 7.15. The monoisotopic (exact) mass is 427 g/mol. The van der Waals surface area contributed by atoms with Crippen molar-refractivity contribution in [2.24, 2.45) is 0 Å². The highest BCUT2D eigenvalue weighted by atomic mass is 15.1. The van der Waals surface area contributed by atoms with Crippen molar-refractivity contribution in [3.63, 3.8) is 0 Å². The molecule has 0 saturated heterocycles. The van der Waals surface area contributed by atoms with Crippen molar-refractivity contribution in [1.82, 2.24) is 0 Å². The normalized spacial score (nSPS) is 11.5. The Bertz CT molecular complexity index is 1340. The van der Waals surface area contributed by atoms with Gasteiger partial charge in [-0.1, -0.05) is 122 Å². The molecule has 33 heavy (non-hydrogen) atoms. The third-order valence-corrected chi connectivity index (χ3v) is 5.66. The zero-order valence-electron chi connectivity index (χ0n) is 19.3. The highest BCUT2D eigenvalue weighted by molar-refractivity contribution is 5.82. The van der Waals surface area contributed by atoms with Gasteiger partial charge in [-0.15, -0.1) is 0 Å². The molecule has 0 aliphatic rings. The van der Waals surface area contributed by atoms with Crippen LogP contribution in [0.5, 0.6) is 0 Å². The van der Waals surface area contributed by atoms with Gasteiger partial charge in [-0.2, -0.15) is 0 Å². The molecule has 0 saturated carbocycles. The van der Waals surface area contributed by atoms with Crippen LogP contribution >= 0.6 is 0 Å². The summed E-state index contributed by atoms with van der Waals surface area (Å²) >= 11 is 0. The SMILES string of the molecule is C=c1ccc(=C(C=CC=C(c2ccccc2)c2ccc(N(C)C)cc2)c2ccccc2)cc1. The molecule has 162 valence electrons. The predicted molar refractivity (Wildman–Crippen MR) is 144 cm³/mol. The van der Waals surface area contributed by atoms with Gasteiger partial charge >= 0.3 is 0 Å². The molecular weight excluding hydrogens is 398 g/mol. The second-order valence-corrected chi connectivity index (χ2v) is 8.22. The number of anilines is 1. The average Bonchev–Trinajstić information content (AvgIpc) is 2.86. The molecule has 0 aromatic heterocycles. The summed E-state index contributed by atoms with van der Waals surface area (Å²) in [5, 5.41) is 2.19. The second-order valence-electron chi connectivity index (χ2n) is 8.22. The Labute approximate surface area is 197 Å². The Morgan fingerprint density at radius 3 is 1.76 bits per heavy atom. The third-order valence-electron chi connectivity index (χ3n) is 5.66. The Balaban J connectivity index is 1.80. The van der Waals surface area contributed by atoms with Gasteiger partial charge in [-0.25, -0.2) is 0 Å². The number of benzene rings is 4. The third kappa shape index (κ3) is 5.58. The number of allylic oxidation sites excluding steroid dienone is 3. The van der Waals surface area contributed by atoms with Crippen molar-refractivity contribution in [2.45, 2.75) is 0 Å². The number of hydrogen-bond acceptors (Lipinski definition) is 1. The van der Waals surface area contributed by atoms with Crippen LogP contribution in [0, 0.1) is 0 Å². The van der Waals surface area contributed by atoms with E-state index in [1.807, 2.05) is 0 Å². The fraction of sp³-hybridized carbons (Fsp3) is 0.0625. The minimum Gasteiger partial charge on any atom is -0.378 e. The summed E-state index contributed by atoms with van der Waals surface area (Å²) in [4.78, 5) is 2.12. The lowest BCUT2D eigenvalue weighted by molar-refractivity contribution is 1.13. The number of hydrogen-bond donors (Lipinski definition) is 0. The summed E-state index contributed by atoms with van der Waals surface area (Å²) in [6.07, 6.45) is 6.56. The van der Waals surface area contributed by atoms with Crippen LogP contribution in [0.1, 0.15) is 16.7 Å². The van der Waals surface area contributed by atoms with Crippen molar-refractivity contribution in [3.8, 4) is 0 Å². The van der Waals surface area contributed by atoms with E-state index < -0.39 is 0 Å². The molecule has 0 radical (unpaired) electrons. The minimum absolute atomic E-state index is 1.02. The summed E-state index contributed by atoms with van der Waals surface area (Å²) in [6.45, 7) is 4.02. The topological polar surface area (TPSA) is 3.24 Å². The van der Waals surface area contributed by atoms with Gasteiger partial charge in [0.15, 0.2) is 0 Å². The van der Waals surface area contributed by atoms with Crippen LogP contribution in [0.4, 0.5) is 5.69 Å². The van der Waals surface area contributed by atoms with Gasteiger partial charge in [-0.05, 0) is 50.4 Å². The van der Waals surface area contributed by atoms with E-state index in [0.29, 0.717) is 0 Å². The van der Waals surface area contributed by atoms with E-state index in [1.54, 1.807) is 0 Å². The van der Waals surface area contributed by atoms with E-state index in [9.17, 15) is 0 Å². The fourth-order valence-corrected chi connectivity index (χ4v) is 3.82. The Kier molecular flexibility index (Phi) is 7.02. The van der Waals surface area contributed by atoms with E-state index in [2.05, 4.69) is 153 Å². The molecule has 0 amide bonds. The first-order chi connectivity index (χ1) is 16.1. The van der Waals surface area contributed by atoms with E-state index in [1.165, 1.54) is 38.7 Å². The molecular formula is C32H29N. The van der Waals surface area contributed by atoms with Crippen molar-refractivity contribution >= 4 is 23.4 Å². The predicted octanol–water partition coefficient (Wildman–Crippen LogP) is 6.05. The maximum absolute atomic E-state index is 4.02. The molecule has 0 bridgehead atoms. The smallest absolute Gasteiger partial charge is 0.0361 e. The van der Waals surface area contributed by atoms with Gasteiger partial charge in [-0.3, -0.25) is 0 Å². The van der Waals surface area contributed by atoms with Gasteiger partial charge in [0.1, 0.15) is 0 Å². The van der Waals surface area contributed by atoms with Crippen LogP contribution < -0.4 is 15.3 Å². The van der Waals surface area contributed by atoms with Crippen LogP contribution in [-0.4, -0.2) is 14.1 Å². The summed E-state index contributed by atoms with van der Waals surface area (Å²) in [5.74, 6) is 0. The Morgan fingerprint density at radius 1 is 0.636 bits per heavy atom. The summed E-state index contributed by atoms with van der Waals surface area (Å²) in [7, 11) is 4.13. The second kappa shape index (κ2) is 10.5. The first-order valence-electron chi connectivity index (χ1n) is 11.2. The first-order valence-corrected chi connectivity index (χ1v) is 11.2. The summed E-state index contributed by atoms with van der Waals surface area (Å²) < 4.78 is 0. The Morgan fingerprint density at radius 2 is 1.18 bits per heavy atom. The highest BCUT2D eigenvalue weighted by Gasteiger charge is 2.05. The van der Waals surface area contributed by atoms with Crippen LogP contribution in [0.15, 0.2) is 127 Å². The molecule has 0 atom stereocenters. The zero-order valence-corrected chi connectivity index (χ0v) is 19.3. The minimum atomic E-state index is 1.02. The molecule has 1 heteroatoms. The maximum Gasteiger partial charge on any atom is 0.0361 e. The lowest BCUT2D eigenvalue weighted by Crippen LogP contribution is -2.09. The maximum atomic E-state index is 4.02.